The first-order chi connectivity index (χ1) is 8.98. The lowest BCUT2D eigenvalue weighted by atomic mass is 9.83. The quantitative estimate of drug-likeness (QED) is 0.867. The van der Waals surface area contributed by atoms with Gasteiger partial charge in [0.2, 0.25) is 0 Å². The molecule has 0 aliphatic carbocycles. The van der Waals surface area contributed by atoms with E-state index in [9.17, 15) is 4.79 Å². The molecule has 0 bridgehead atoms. The van der Waals surface area contributed by atoms with E-state index in [-0.39, 0.29) is 23.7 Å². The van der Waals surface area contributed by atoms with Crippen molar-refractivity contribution < 1.29 is 4.79 Å². The van der Waals surface area contributed by atoms with Crippen molar-refractivity contribution in [2.75, 3.05) is 19.6 Å². The van der Waals surface area contributed by atoms with Crippen LogP contribution in [-0.4, -0.2) is 25.5 Å². The summed E-state index contributed by atoms with van der Waals surface area (Å²) in [5, 5.41) is 6.46. The van der Waals surface area contributed by atoms with E-state index < -0.39 is 0 Å². The number of piperidine rings is 1. The molecule has 1 atom stereocenters. The molecule has 2 N–H and O–H groups in total. The number of aryl methyl sites for hydroxylation is 1. The van der Waals surface area contributed by atoms with E-state index in [0.717, 1.165) is 41.7 Å². The molecule has 3 nitrogen and oxygen atoms in total. The fraction of sp³-hybridized carbons (Fsp3) is 0.533. The average molecular weight is 362 g/mol. The van der Waals surface area contributed by atoms with Crippen LogP contribution in [0.25, 0.3) is 0 Å². The second-order valence-electron chi connectivity index (χ2n) is 5.79. The number of rotatable bonds is 3. The fourth-order valence-corrected chi connectivity index (χ4v) is 3.14. The van der Waals surface area contributed by atoms with Crippen molar-refractivity contribution in [1.29, 1.82) is 0 Å². The molecule has 1 amide bonds. The van der Waals surface area contributed by atoms with Gasteiger partial charge in [-0.05, 0) is 55.5 Å². The number of carbonyl (C=O) groups is 1. The number of nitrogens with one attached hydrogen (secondary N) is 2. The average Bonchev–Trinajstić information content (AvgIpc) is 2.36. The van der Waals surface area contributed by atoms with Gasteiger partial charge in [-0.1, -0.05) is 22.9 Å². The molecule has 1 heterocycles. The third-order valence-corrected chi connectivity index (χ3v) is 4.12. The van der Waals surface area contributed by atoms with E-state index in [1.54, 1.807) is 0 Å². The first-order valence-electron chi connectivity index (χ1n) is 6.75. The highest BCUT2D eigenvalue weighted by Crippen LogP contribution is 2.24. The maximum atomic E-state index is 12.2. The monoisotopic (exact) mass is 360 g/mol. The second-order valence-corrected chi connectivity index (χ2v) is 6.71. The Kier molecular flexibility index (Phi) is 6.49. The van der Waals surface area contributed by atoms with Crippen LogP contribution in [0.4, 0.5) is 0 Å². The zero-order valence-corrected chi connectivity index (χ0v) is 14.4. The molecule has 0 radical (unpaired) electrons. The molecular weight excluding hydrogens is 340 g/mol. The van der Waals surface area contributed by atoms with Crippen LogP contribution < -0.4 is 10.6 Å². The van der Waals surface area contributed by atoms with Gasteiger partial charge in [-0.3, -0.25) is 4.79 Å². The van der Waals surface area contributed by atoms with Crippen LogP contribution in [0.15, 0.2) is 22.7 Å². The van der Waals surface area contributed by atoms with Gasteiger partial charge in [0.25, 0.3) is 5.91 Å². The van der Waals surface area contributed by atoms with Crippen LogP contribution in [0.5, 0.6) is 0 Å². The first kappa shape index (κ1) is 17.5. The zero-order chi connectivity index (χ0) is 13.9. The molecule has 1 aliphatic rings. The number of halogens is 2. The van der Waals surface area contributed by atoms with Gasteiger partial charge in [-0.25, -0.2) is 0 Å². The van der Waals surface area contributed by atoms with Gasteiger partial charge >= 0.3 is 0 Å². The van der Waals surface area contributed by atoms with E-state index in [0.29, 0.717) is 0 Å². The fourth-order valence-electron chi connectivity index (χ4n) is 2.53. The molecule has 2 rings (SSSR count). The molecule has 1 fully saturated rings. The predicted octanol–water partition coefficient (Wildman–Crippen LogP) is 3.30. The Balaban J connectivity index is 0.00000200. The smallest absolute Gasteiger partial charge is 0.251 e. The SMILES string of the molecule is Cc1cc(Br)cc(C(=O)NCC2(C)CCCNC2)c1.Cl. The Hall–Kier alpha value is -0.580. The predicted molar refractivity (Wildman–Crippen MR) is 88.7 cm³/mol. The third-order valence-electron chi connectivity index (χ3n) is 3.67. The van der Waals surface area contributed by atoms with Crippen molar-refractivity contribution in [2.24, 2.45) is 5.41 Å². The van der Waals surface area contributed by atoms with Gasteiger partial charge in [-0.2, -0.15) is 0 Å². The summed E-state index contributed by atoms with van der Waals surface area (Å²) >= 11 is 3.43. The Morgan fingerprint density at radius 2 is 2.20 bits per heavy atom. The maximum Gasteiger partial charge on any atom is 0.251 e. The van der Waals surface area contributed by atoms with Crippen LogP contribution in [0, 0.1) is 12.3 Å². The maximum absolute atomic E-state index is 12.2. The molecule has 112 valence electrons. The molecule has 1 aromatic carbocycles. The van der Waals surface area contributed by atoms with Crippen LogP contribution in [0.1, 0.15) is 35.7 Å². The number of hydrogen-bond donors (Lipinski definition) is 2. The second kappa shape index (κ2) is 7.43. The van der Waals surface area contributed by atoms with Crippen LogP contribution in [-0.2, 0) is 0 Å². The van der Waals surface area contributed by atoms with Crippen molar-refractivity contribution in [2.45, 2.75) is 26.7 Å². The first-order valence-corrected chi connectivity index (χ1v) is 7.54. The minimum atomic E-state index is 0. The molecule has 1 aliphatic heterocycles. The van der Waals surface area contributed by atoms with Crippen molar-refractivity contribution in [3.05, 3.63) is 33.8 Å². The highest BCUT2D eigenvalue weighted by atomic mass is 79.9. The van der Waals surface area contributed by atoms with Crippen molar-refractivity contribution in [3.63, 3.8) is 0 Å². The van der Waals surface area contributed by atoms with E-state index in [1.807, 2.05) is 25.1 Å². The van der Waals surface area contributed by atoms with E-state index in [4.69, 9.17) is 0 Å². The Bertz CT molecular complexity index is 453. The highest BCUT2D eigenvalue weighted by molar-refractivity contribution is 9.10. The summed E-state index contributed by atoms with van der Waals surface area (Å²) in [6, 6.07) is 5.79. The Morgan fingerprint density at radius 3 is 2.80 bits per heavy atom. The molecule has 1 saturated heterocycles. The van der Waals surface area contributed by atoms with Crippen LogP contribution in [0.3, 0.4) is 0 Å². The van der Waals surface area contributed by atoms with Crippen molar-refractivity contribution in [1.82, 2.24) is 10.6 Å². The summed E-state index contributed by atoms with van der Waals surface area (Å²) in [6.07, 6.45) is 2.35. The van der Waals surface area contributed by atoms with Gasteiger partial charge in [0, 0.05) is 23.1 Å². The minimum Gasteiger partial charge on any atom is -0.351 e. The molecule has 1 aromatic rings. The van der Waals surface area contributed by atoms with E-state index in [1.165, 1.54) is 6.42 Å². The van der Waals surface area contributed by atoms with E-state index >= 15 is 0 Å². The molecule has 0 saturated carbocycles. The molecule has 20 heavy (non-hydrogen) atoms. The molecule has 0 spiro atoms. The third kappa shape index (κ3) is 4.76. The largest absolute Gasteiger partial charge is 0.351 e. The van der Waals surface area contributed by atoms with Gasteiger partial charge in [0.15, 0.2) is 0 Å². The zero-order valence-electron chi connectivity index (χ0n) is 12.0. The van der Waals surface area contributed by atoms with Gasteiger partial charge in [-0.15, -0.1) is 12.4 Å². The summed E-state index contributed by atoms with van der Waals surface area (Å²) in [5.41, 5.74) is 1.99. The summed E-state index contributed by atoms with van der Waals surface area (Å²) in [6.45, 7) is 7.02. The lowest BCUT2D eigenvalue weighted by molar-refractivity contribution is 0.0924. The highest BCUT2D eigenvalue weighted by Gasteiger charge is 2.27. The lowest BCUT2D eigenvalue weighted by Crippen LogP contribution is -2.45. The summed E-state index contributed by atoms with van der Waals surface area (Å²) < 4.78 is 0.947. The summed E-state index contributed by atoms with van der Waals surface area (Å²) in [4.78, 5) is 12.2. The molecule has 0 aromatic heterocycles. The van der Waals surface area contributed by atoms with Crippen LogP contribution >= 0.6 is 28.3 Å². The number of amides is 1. The number of carbonyl (C=O) groups excluding carboxylic acids is 1. The molecule has 5 heteroatoms. The number of hydrogen-bond acceptors (Lipinski definition) is 2. The Labute approximate surface area is 135 Å². The molecule has 1 unspecified atom stereocenters. The summed E-state index contributed by atoms with van der Waals surface area (Å²) in [7, 11) is 0. The van der Waals surface area contributed by atoms with Crippen LogP contribution in [0.2, 0.25) is 0 Å². The van der Waals surface area contributed by atoms with Gasteiger partial charge < -0.3 is 10.6 Å². The molecular formula is C15H22BrClN2O. The van der Waals surface area contributed by atoms with Crippen molar-refractivity contribution >= 4 is 34.2 Å². The normalized spacial score (nSPS) is 21.9. The lowest BCUT2D eigenvalue weighted by Gasteiger charge is -2.34. The topological polar surface area (TPSA) is 41.1 Å². The Morgan fingerprint density at radius 1 is 1.45 bits per heavy atom. The van der Waals surface area contributed by atoms with E-state index in [2.05, 4.69) is 33.5 Å². The van der Waals surface area contributed by atoms with Crippen molar-refractivity contribution in [3.8, 4) is 0 Å². The standard InChI is InChI=1S/C15H21BrN2O.ClH/c1-11-6-12(8-13(16)7-11)14(19)18-10-15(2)4-3-5-17-9-15;/h6-8,17H,3-5,9-10H2,1-2H3,(H,18,19);1H. The number of benzene rings is 1. The van der Waals surface area contributed by atoms with Gasteiger partial charge in [0.05, 0.1) is 0 Å². The minimum absolute atomic E-state index is 0. The van der Waals surface area contributed by atoms with Gasteiger partial charge in [0.1, 0.15) is 0 Å². The summed E-state index contributed by atoms with van der Waals surface area (Å²) in [5.74, 6) is 0.0104.